The van der Waals surface area contributed by atoms with Gasteiger partial charge in [-0.15, -0.1) is 0 Å². The summed E-state index contributed by atoms with van der Waals surface area (Å²) in [6.45, 7) is 3.94. The van der Waals surface area contributed by atoms with Crippen molar-refractivity contribution in [1.82, 2.24) is 25.1 Å². The maximum absolute atomic E-state index is 12.1. The number of rotatable bonds is 6. The number of amides is 1. The van der Waals surface area contributed by atoms with Gasteiger partial charge in [-0.2, -0.15) is 5.10 Å². The van der Waals surface area contributed by atoms with Crippen LogP contribution in [0.1, 0.15) is 30.8 Å². The minimum atomic E-state index is -0.0295. The van der Waals surface area contributed by atoms with Crippen molar-refractivity contribution in [3.05, 3.63) is 35.9 Å². The third-order valence-electron chi connectivity index (χ3n) is 3.06. The second-order valence-corrected chi connectivity index (χ2v) is 5.62. The van der Waals surface area contributed by atoms with Crippen molar-refractivity contribution in [2.75, 3.05) is 5.75 Å². The molecule has 0 saturated carbocycles. The molecule has 0 fully saturated rings. The summed E-state index contributed by atoms with van der Waals surface area (Å²) >= 11 is 1.34. The molecule has 0 aliphatic carbocycles. The number of carbonyl (C=O) groups excluding carboxylic acids is 1. The molecule has 0 saturated heterocycles. The molecular formula is C14H19N5OS. The average molecular weight is 305 g/mol. The Labute approximate surface area is 128 Å². The molecule has 21 heavy (non-hydrogen) atoms. The average Bonchev–Trinajstić information content (AvgIpc) is 2.89. The van der Waals surface area contributed by atoms with Crippen molar-refractivity contribution in [3.63, 3.8) is 0 Å². The topological polar surface area (TPSA) is 72.7 Å². The van der Waals surface area contributed by atoms with Crippen LogP contribution in [0.25, 0.3) is 0 Å². The molecule has 0 aliphatic rings. The molecule has 2 heterocycles. The smallest absolute Gasteiger partial charge is 0.231 e. The summed E-state index contributed by atoms with van der Waals surface area (Å²) in [4.78, 5) is 20.5. The van der Waals surface area contributed by atoms with Crippen molar-refractivity contribution < 1.29 is 4.79 Å². The van der Waals surface area contributed by atoms with E-state index in [1.165, 1.54) is 11.8 Å². The van der Waals surface area contributed by atoms with E-state index >= 15 is 0 Å². The molecule has 0 radical (unpaired) electrons. The summed E-state index contributed by atoms with van der Waals surface area (Å²) in [6, 6.07) is 3.73. The summed E-state index contributed by atoms with van der Waals surface area (Å²) in [6.07, 6.45) is 4.25. The number of nitrogens with zero attached hydrogens (tertiary/aromatic N) is 4. The van der Waals surface area contributed by atoms with Crippen LogP contribution in [0.5, 0.6) is 0 Å². The highest BCUT2D eigenvalue weighted by Gasteiger charge is 2.16. The molecule has 1 amide bonds. The Morgan fingerprint density at radius 2 is 2.24 bits per heavy atom. The van der Waals surface area contributed by atoms with Crippen LogP contribution in [0.3, 0.4) is 0 Å². The number of aryl methyl sites for hydroxylation is 2. The second-order valence-electron chi connectivity index (χ2n) is 4.68. The normalized spacial score (nSPS) is 12.1. The number of nitrogens with one attached hydrogen (secondary N) is 1. The van der Waals surface area contributed by atoms with Crippen molar-refractivity contribution in [2.24, 2.45) is 7.05 Å². The molecule has 6 nitrogen and oxygen atoms in total. The SMILES string of the molecule is CCC(NC(=O)CSc1nccc(C)n1)c1ccnn1C. The first-order valence-corrected chi connectivity index (χ1v) is 7.78. The van der Waals surface area contributed by atoms with E-state index in [0.29, 0.717) is 10.9 Å². The van der Waals surface area contributed by atoms with Crippen LogP contribution in [-0.2, 0) is 11.8 Å². The maximum atomic E-state index is 12.1. The molecule has 1 unspecified atom stereocenters. The molecule has 0 aliphatic heterocycles. The van der Waals surface area contributed by atoms with Gasteiger partial charge in [-0.05, 0) is 25.5 Å². The minimum absolute atomic E-state index is 0.0240. The van der Waals surface area contributed by atoms with Gasteiger partial charge in [0.2, 0.25) is 5.91 Å². The first-order valence-electron chi connectivity index (χ1n) is 6.80. The third kappa shape index (κ3) is 4.29. The fourth-order valence-corrected chi connectivity index (χ4v) is 2.66. The van der Waals surface area contributed by atoms with Crippen LogP contribution in [0.2, 0.25) is 0 Å². The fourth-order valence-electron chi connectivity index (χ4n) is 1.97. The molecule has 2 aromatic heterocycles. The van der Waals surface area contributed by atoms with E-state index in [9.17, 15) is 4.79 Å². The van der Waals surface area contributed by atoms with E-state index in [-0.39, 0.29) is 11.9 Å². The van der Waals surface area contributed by atoms with Crippen molar-refractivity contribution in [2.45, 2.75) is 31.5 Å². The van der Waals surface area contributed by atoms with Gasteiger partial charge in [0.1, 0.15) is 0 Å². The van der Waals surface area contributed by atoms with Crippen LogP contribution in [0.4, 0.5) is 0 Å². The van der Waals surface area contributed by atoms with Gasteiger partial charge in [0.05, 0.1) is 17.5 Å². The van der Waals surface area contributed by atoms with E-state index in [0.717, 1.165) is 17.8 Å². The number of hydrogen-bond acceptors (Lipinski definition) is 5. The van der Waals surface area contributed by atoms with Gasteiger partial charge in [-0.1, -0.05) is 18.7 Å². The van der Waals surface area contributed by atoms with Crippen molar-refractivity contribution in [3.8, 4) is 0 Å². The summed E-state index contributed by atoms with van der Waals surface area (Å²) in [5.41, 5.74) is 1.90. The molecule has 1 atom stereocenters. The second kappa shape index (κ2) is 7.21. The van der Waals surface area contributed by atoms with Gasteiger partial charge in [-0.25, -0.2) is 9.97 Å². The standard InChI is InChI=1S/C14H19N5OS/c1-4-11(12-6-8-16-19(12)3)18-13(20)9-21-14-15-7-5-10(2)17-14/h5-8,11H,4,9H2,1-3H3,(H,18,20). The first kappa shape index (κ1) is 15.5. The molecule has 0 spiro atoms. The molecule has 2 aromatic rings. The van der Waals surface area contributed by atoms with Gasteiger partial charge in [0.25, 0.3) is 0 Å². The summed E-state index contributed by atoms with van der Waals surface area (Å²) < 4.78 is 1.78. The van der Waals surface area contributed by atoms with Gasteiger partial charge in [-0.3, -0.25) is 9.48 Å². The zero-order valence-electron chi connectivity index (χ0n) is 12.4. The van der Waals surface area contributed by atoms with Crippen molar-refractivity contribution in [1.29, 1.82) is 0 Å². The predicted molar refractivity (Wildman–Crippen MR) is 81.9 cm³/mol. The number of aromatic nitrogens is 4. The Hall–Kier alpha value is -1.89. The predicted octanol–water partition coefficient (Wildman–Crippen LogP) is 1.88. The highest BCUT2D eigenvalue weighted by molar-refractivity contribution is 7.99. The lowest BCUT2D eigenvalue weighted by atomic mass is 10.1. The lowest BCUT2D eigenvalue weighted by Gasteiger charge is -2.17. The van der Waals surface area contributed by atoms with Crippen LogP contribution in [0.15, 0.2) is 29.7 Å². The Morgan fingerprint density at radius 1 is 1.43 bits per heavy atom. The molecule has 0 bridgehead atoms. The maximum Gasteiger partial charge on any atom is 0.231 e. The Kier molecular flexibility index (Phi) is 5.32. The Morgan fingerprint density at radius 3 is 2.86 bits per heavy atom. The molecule has 2 rings (SSSR count). The van der Waals surface area contributed by atoms with Crippen LogP contribution < -0.4 is 5.32 Å². The van der Waals surface area contributed by atoms with Gasteiger partial charge < -0.3 is 5.32 Å². The highest BCUT2D eigenvalue weighted by Crippen LogP contribution is 2.17. The van der Waals surface area contributed by atoms with E-state index in [1.54, 1.807) is 17.1 Å². The van der Waals surface area contributed by atoms with Gasteiger partial charge >= 0.3 is 0 Å². The van der Waals surface area contributed by atoms with E-state index in [4.69, 9.17) is 0 Å². The van der Waals surface area contributed by atoms with E-state index in [2.05, 4.69) is 20.4 Å². The lowest BCUT2D eigenvalue weighted by Crippen LogP contribution is -2.30. The van der Waals surface area contributed by atoms with Gasteiger partial charge in [0, 0.05) is 25.1 Å². The van der Waals surface area contributed by atoms with Crippen LogP contribution in [-0.4, -0.2) is 31.4 Å². The van der Waals surface area contributed by atoms with E-state index < -0.39 is 0 Å². The highest BCUT2D eigenvalue weighted by atomic mass is 32.2. The van der Waals surface area contributed by atoms with Crippen LogP contribution >= 0.6 is 11.8 Å². The monoisotopic (exact) mass is 305 g/mol. The zero-order valence-corrected chi connectivity index (χ0v) is 13.2. The molecule has 1 N–H and O–H groups in total. The number of carbonyl (C=O) groups is 1. The number of thioether (sulfide) groups is 1. The quantitative estimate of drug-likeness (QED) is 0.651. The molecule has 0 aromatic carbocycles. The van der Waals surface area contributed by atoms with Gasteiger partial charge in [0.15, 0.2) is 5.16 Å². The fraction of sp³-hybridized carbons (Fsp3) is 0.429. The Balaban J connectivity index is 1.90. The minimum Gasteiger partial charge on any atom is -0.347 e. The van der Waals surface area contributed by atoms with Crippen molar-refractivity contribution >= 4 is 17.7 Å². The molecule has 7 heteroatoms. The third-order valence-corrected chi connectivity index (χ3v) is 3.93. The number of hydrogen-bond donors (Lipinski definition) is 1. The Bertz CT molecular complexity index is 613. The molecular weight excluding hydrogens is 286 g/mol. The lowest BCUT2D eigenvalue weighted by molar-refractivity contribution is -0.119. The van der Waals surface area contributed by atoms with E-state index in [1.807, 2.05) is 33.0 Å². The summed E-state index contributed by atoms with van der Waals surface area (Å²) in [5, 5.41) is 7.78. The zero-order chi connectivity index (χ0) is 15.2. The summed E-state index contributed by atoms with van der Waals surface area (Å²) in [7, 11) is 1.87. The molecule has 112 valence electrons. The van der Waals surface area contributed by atoms with Crippen LogP contribution in [0, 0.1) is 6.92 Å². The summed E-state index contributed by atoms with van der Waals surface area (Å²) in [5.74, 6) is 0.274. The first-order chi connectivity index (χ1) is 10.1. The largest absolute Gasteiger partial charge is 0.347 e.